The average molecular weight is 397 g/mol. The first-order valence-corrected chi connectivity index (χ1v) is 9.58. The molecule has 1 amide bonds. The Morgan fingerprint density at radius 2 is 1.82 bits per heavy atom. The number of anilines is 1. The third-order valence-electron chi connectivity index (χ3n) is 4.29. The summed E-state index contributed by atoms with van der Waals surface area (Å²) < 4.78 is 4.92. The Morgan fingerprint density at radius 3 is 2.54 bits per heavy atom. The highest BCUT2D eigenvalue weighted by molar-refractivity contribution is 7.15. The molecule has 1 aromatic heterocycles. The Hall–Kier alpha value is -3.19. The normalized spacial score (nSPS) is 10.6. The molecular weight excluding hydrogens is 378 g/mol. The van der Waals surface area contributed by atoms with Crippen LogP contribution in [-0.2, 0) is 14.3 Å². The zero-order valence-electron chi connectivity index (χ0n) is 15.2. The zero-order valence-corrected chi connectivity index (χ0v) is 16.0. The topological polar surface area (TPSA) is 92.7 Å². The van der Waals surface area contributed by atoms with Crippen LogP contribution in [0, 0.1) is 0 Å². The van der Waals surface area contributed by atoms with Crippen LogP contribution in [0.2, 0.25) is 0 Å². The lowest BCUT2D eigenvalue weighted by molar-refractivity contribution is -0.137. The summed E-state index contributed by atoms with van der Waals surface area (Å²) in [5.74, 6) is -1.82. The van der Waals surface area contributed by atoms with Gasteiger partial charge in [0.15, 0.2) is 0 Å². The molecule has 0 aliphatic heterocycles. The molecule has 0 bridgehead atoms. The molecule has 6 nitrogen and oxygen atoms in total. The maximum Gasteiger partial charge on any atom is 0.341 e. The number of amides is 1. The monoisotopic (exact) mass is 397 g/mol. The lowest BCUT2D eigenvalue weighted by atomic mass is 10.00. The number of benzene rings is 2. The number of fused-ring (bicyclic) bond motifs is 1. The van der Waals surface area contributed by atoms with Crippen molar-refractivity contribution in [3.8, 4) is 11.1 Å². The summed E-state index contributed by atoms with van der Waals surface area (Å²) >= 11 is 1.24. The highest BCUT2D eigenvalue weighted by atomic mass is 32.1. The highest BCUT2D eigenvalue weighted by Gasteiger charge is 2.22. The molecule has 0 saturated heterocycles. The van der Waals surface area contributed by atoms with Gasteiger partial charge in [-0.1, -0.05) is 36.4 Å². The van der Waals surface area contributed by atoms with E-state index in [-0.39, 0.29) is 25.2 Å². The van der Waals surface area contributed by atoms with Crippen molar-refractivity contribution in [1.82, 2.24) is 0 Å². The first-order valence-electron chi connectivity index (χ1n) is 8.70. The molecule has 3 rings (SSSR count). The number of hydrogen-bond donors (Lipinski definition) is 2. The minimum absolute atomic E-state index is 0.0656. The van der Waals surface area contributed by atoms with Crippen LogP contribution in [0.3, 0.4) is 0 Å². The van der Waals surface area contributed by atoms with Crippen molar-refractivity contribution >= 4 is 45.0 Å². The van der Waals surface area contributed by atoms with Crippen molar-refractivity contribution < 1.29 is 24.2 Å². The van der Waals surface area contributed by atoms with Gasteiger partial charge in [0.2, 0.25) is 5.91 Å². The number of aliphatic carboxylic acids is 1. The molecule has 3 aromatic rings. The Balaban J connectivity index is 1.90. The van der Waals surface area contributed by atoms with E-state index < -0.39 is 11.9 Å². The van der Waals surface area contributed by atoms with Crippen LogP contribution in [0.4, 0.5) is 5.00 Å². The van der Waals surface area contributed by atoms with E-state index in [1.54, 1.807) is 0 Å². The fourth-order valence-corrected chi connectivity index (χ4v) is 3.89. The molecule has 7 heteroatoms. The van der Waals surface area contributed by atoms with Crippen molar-refractivity contribution in [3.05, 3.63) is 53.4 Å². The Kier molecular flexibility index (Phi) is 6.06. The minimum atomic E-state index is -0.947. The molecule has 28 heavy (non-hydrogen) atoms. The minimum Gasteiger partial charge on any atom is -0.481 e. The number of esters is 1. The smallest absolute Gasteiger partial charge is 0.341 e. The molecule has 0 fully saturated rings. The van der Waals surface area contributed by atoms with Gasteiger partial charge in [0, 0.05) is 23.8 Å². The van der Waals surface area contributed by atoms with Gasteiger partial charge in [-0.05, 0) is 28.8 Å². The van der Waals surface area contributed by atoms with E-state index >= 15 is 0 Å². The standard InChI is InChI=1S/C21H19NO5S/c1-27-21(26)19-16(15-10-9-13-5-2-3-6-14(13)11-15)12-28-20(19)22-17(23)7-4-8-18(24)25/h2-3,5-6,9-12H,4,7-8H2,1H3,(H,22,23)(H,24,25). The van der Waals surface area contributed by atoms with Gasteiger partial charge >= 0.3 is 11.9 Å². The van der Waals surface area contributed by atoms with E-state index in [4.69, 9.17) is 9.84 Å². The predicted molar refractivity (Wildman–Crippen MR) is 109 cm³/mol. The molecule has 144 valence electrons. The summed E-state index contributed by atoms with van der Waals surface area (Å²) in [6.07, 6.45) is 0.220. The average Bonchev–Trinajstić information content (AvgIpc) is 3.10. The van der Waals surface area contributed by atoms with Crippen molar-refractivity contribution in [1.29, 1.82) is 0 Å². The van der Waals surface area contributed by atoms with E-state index in [1.807, 2.05) is 47.8 Å². The molecule has 0 atom stereocenters. The summed E-state index contributed by atoms with van der Waals surface area (Å²) in [7, 11) is 1.29. The number of ether oxygens (including phenoxy) is 1. The van der Waals surface area contributed by atoms with Crippen LogP contribution in [0.1, 0.15) is 29.6 Å². The second kappa shape index (κ2) is 8.67. The van der Waals surface area contributed by atoms with Gasteiger partial charge in [0.25, 0.3) is 0 Å². The Morgan fingerprint density at radius 1 is 1.07 bits per heavy atom. The quantitative estimate of drug-likeness (QED) is 0.571. The van der Waals surface area contributed by atoms with E-state index in [9.17, 15) is 14.4 Å². The third-order valence-corrected chi connectivity index (χ3v) is 5.18. The summed E-state index contributed by atoms with van der Waals surface area (Å²) in [4.78, 5) is 35.1. The Labute approximate surface area is 165 Å². The molecule has 0 aliphatic rings. The van der Waals surface area contributed by atoms with Crippen LogP contribution in [0.5, 0.6) is 0 Å². The summed E-state index contributed by atoms with van der Waals surface area (Å²) in [6.45, 7) is 0. The summed E-state index contributed by atoms with van der Waals surface area (Å²) in [5.41, 5.74) is 1.83. The first-order chi connectivity index (χ1) is 13.5. The lowest BCUT2D eigenvalue weighted by Crippen LogP contribution is -2.14. The van der Waals surface area contributed by atoms with E-state index in [0.29, 0.717) is 16.1 Å². The van der Waals surface area contributed by atoms with Gasteiger partial charge in [-0.15, -0.1) is 11.3 Å². The molecule has 0 unspecified atom stereocenters. The number of carboxylic acids is 1. The fraction of sp³-hybridized carbons (Fsp3) is 0.190. The molecule has 2 aromatic carbocycles. The number of methoxy groups -OCH3 is 1. The van der Waals surface area contributed by atoms with E-state index in [2.05, 4.69) is 5.32 Å². The maximum atomic E-state index is 12.4. The largest absolute Gasteiger partial charge is 0.481 e. The van der Waals surface area contributed by atoms with Crippen LogP contribution in [0.15, 0.2) is 47.8 Å². The SMILES string of the molecule is COC(=O)c1c(-c2ccc3ccccc3c2)csc1NC(=O)CCCC(=O)O. The predicted octanol–water partition coefficient (Wildman–Crippen LogP) is 4.55. The second-order valence-electron chi connectivity index (χ2n) is 6.20. The zero-order chi connectivity index (χ0) is 20.1. The molecule has 0 radical (unpaired) electrons. The fourth-order valence-electron chi connectivity index (χ4n) is 2.91. The van der Waals surface area contributed by atoms with Gasteiger partial charge < -0.3 is 15.2 Å². The van der Waals surface area contributed by atoms with Gasteiger partial charge in [-0.2, -0.15) is 0 Å². The van der Waals surface area contributed by atoms with Gasteiger partial charge in [-0.3, -0.25) is 9.59 Å². The van der Waals surface area contributed by atoms with Gasteiger partial charge in [0.1, 0.15) is 10.6 Å². The number of rotatable bonds is 7. The molecule has 0 saturated carbocycles. The van der Waals surface area contributed by atoms with Crippen molar-refractivity contribution in [2.45, 2.75) is 19.3 Å². The number of thiophene rings is 1. The summed E-state index contributed by atoms with van der Waals surface area (Å²) in [6, 6.07) is 13.8. The molecule has 0 spiro atoms. The maximum absolute atomic E-state index is 12.4. The van der Waals surface area contributed by atoms with Crippen molar-refractivity contribution in [2.24, 2.45) is 0 Å². The lowest BCUT2D eigenvalue weighted by Gasteiger charge is -2.08. The highest BCUT2D eigenvalue weighted by Crippen LogP contribution is 2.37. The number of carbonyl (C=O) groups excluding carboxylic acids is 2. The van der Waals surface area contributed by atoms with Crippen LogP contribution in [0.25, 0.3) is 21.9 Å². The van der Waals surface area contributed by atoms with Crippen molar-refractivity contribution in [3.63, 3.8) is 0 Å². The van der Waals surface area contributed by atoms with E-state index in [0.717, 1.165) is 16.3 Å². The molecular formula is C21H19NO5S. The van der Waals surface area contributed by atoms with Crippen LogP contribution in [-0.4, -0.2) is 30.1 Å². The molecule has 0 aliphatic carbocycles. The summed E-state index contributed by atoms with van der Waals surface area (Å²) in [5, 5.41) is 15.7. The molecule has 1 heterocycles. The number of hydrogen-bond acceptors (Lipinski definition) is 5. The number of nitrogens with one attached hydrogen (secondary N) is 1. The Bertz CT molecular complexity index is 1040. The number of carboxylic acid groups (broad SMARTS) is 1. The van der Waals surface area contributed by atoms with Crippen LogP contribution < -0.4 is 5.32 Å². The first kappa shape index (κ1) is 19.6. The third kappa shape index (κ3) is 4.37. The van der Waals surface area contributed by atoms with Gasteiger partial charge in [-0.25, -0.2) is 4.79 Å². The second-order valence-corrected chi connectivity index (χ2v) is 7.08. The molecule has 2 N–H and O–H groups in total. The van der Waals surface area contributed by atoms with Crippen LogP contribution >= 0.6 is 11.3 Å². The van der Waals surface area contributed by atoms with E-state index in [1.165, 1.54) is 18.4 Å². The van der Waals surface area contributed by atoms with Gasteiger partial charge in [0.05, 0.1) is 7.11 Å². The van der Waals surface area contributed by atoms with Crippen molar-refractivity contribution in [2.75, 3.05) is 12.4 Å². The number of carbonyl (C=O) groups is 3.